The van der Waals surface area contributed by atoms with Crippen molar-refractivity contribution in [1.82, 2.24) is 15.3 Å². The smallest absolute Gasteiger partial charge is 0.329 e. The van der Waals surface area contributed by atoms with Gasteiger partial charge in [-0.2, -0.15) is 0 Å². The molecule has 1 aromatic heterocycles. The van der Waals surface area contributed by atoms with E-state index in [4.69, 9.17) is 9.47 Å². The van der Waals surface area contributed by atoms with E-state index in [9.17, 15) is 14.7 Å². The summed E-state index contributed by atoms with van der Waals surface area (Å²) in [5, 5.41) is 15.5. The fourth-order valence-electron chi connectivity index (χ4n) is 3.41. The Hall–Kier alpha value is -2.42. The maximum atomic E-state index is 12.7. The maximum absolute atomic E-state index is 12.7. The van der Waals surface area contributed by atoms with Crippen molar-refractivity contribution < 1.29 is 24.2 Å². The van der Waals surface area contributed by atoms with Gasteiger partial charge in [0.05, 0.1) is 12.8 Å². The van der Waals surface area contributed by atoms with Gasteiger partial charge in [0.25, 0.3) is 11.8 Å². The number of nitrogens with one attached hydrogen (secondary N) is 2. The molecule has 1 fully saturated rings. The van der Waals surface area contributed by atoms with Gasteiger partial charge in [-0.1, -0.05) is 33.1 Å². The van der Waals surface area contributed by atoms with Crippen LogP contribution in [0.1, 0.15) is 69.3 Å². The normalized spacial score (nSPS) is 15.0. The van der Waals surface area contributed by atoms with Crippen LogP contribution in [-0.2, 0) is 9.53 Å². The van der Waals surface area contributed by atoms with Crippen LogP contribution in [-0.4, -0.2) is 58.9 Å². The molecule has 2 rings (SSSR count). The van der Waals surface area contributed by atoms with Crippen LogP contribution in [0.2, 0.25) is 0 Å². The maximum Gasteiger partial charge on any atom is 0.329 e. The first-order chi connectivity index (χ1) is 14.0. The minimum absolute atomic E-state index is 0.0131. The lowest BCUT2D eigenvalue weighted by Gasteiger charge is -2.28. The number of hydrogen-bond donors (Lipinski definition) is 3. The SMILES string of the molecule is CCC(CC)(NC(=O)c1cnc(NC2CCCCC2)c(OCCOC)n1)C(=O)O. The molecular formula is C20H32N4O5. The van der Waals surface area contributed by atoms with Crippen molar-refractivity contribution >= 4 is 17.7 Å². The molecule has 0 aliphatic heterocycles. The minimum atomic E-state index is -1.34. The highest BCUT2D eigenvalue weighted by atomic mass is 16.5. The molecule has 0 aromatic carbocycles. The molecule has 0 spiro atoms. The van der Waals surface area contributed by atoms with E-state index in [-0.39, 0.29) is 31.0 Å². The van der Waals surface area contributed by atoms with Gasteiger partial charge in [-0.3, -0.25) is 4.79 Å². The summed E-state index contributed by atoms with van der Waals surface area (Å²) in [6, 6.07) is 0.294. The van der Waals surface area contributed by atoms with Gasteiger partial charge >= 0.3 is 5.97 Å². The molecule has 9 nitrogen and oxygen atoms in total. The van der Waals surface area contributed by atoms with Gasteiger partial charge in [-0.25, -0.2) is 14.8 Å². The van der Waals surface area contributed by atoms with E-state index in [2.05, 4.69) is 20.6 Å². The van der Waals surface area contributed by atoms with Gasteiger partial charge in [0.15, 0.2) is 11.5 Å². The zero-order valence-corrected chi connectivity index (χ0v) is 17.5. The number of carbonyl (C=O) groups excluding carboxylic acids is 1. The standard InChI is InChI=1S/C20H32N4O5/c1-4-20(5-2,19(26)27)24-17(25)15-13-21-16(18(23-15)29-12-11-28-3)22-14-9-7-6-8-10-14/h13-14H,4-12H2,1-3H3,(H,21,22)(H,24,25)(H,26,27). The second kappa shape index (κ2) is 10.9. The van der Waals surface area contributed by atoms with Crippen LogP contribution in [0.5, 0.6) is 5.88 Å². The van der Waals surface area contributed by atoms with Crippen molar-refractivity contribution in [3.63, 3.8) is 0 Å². The summed E-state index contributed by atoms with van der Waals surface area (Å²) in [6.07, 6.45) is 7.54. The van der Waals surface area contributed by atoms with Crippen molar-refractivity contribution in [2.75, 3.05) is 25.6 Å². The third kappa shape index (κ3) is 6.03. The highest BCUT2D eigenvalue weighted by Gasteiger charge is 2.37. The van der Waals surface area contributed by atoms with Crippen LogP contribution < -0.4 is 15.4 Å². The molecule has 1 heterocycles. The van der Waals surface area contributed by atoms with Crippen LogP contribution in [0.25, 0.3) is 0 Å². The zero-order chi connectivity index (χ0) is 21.3. The van der Waals surface area contributed by atoms with E-state index in [0.717, 1.165) is 25.7 Å². The second-order valence-corrected chi connectivity index (χ2v) is 7.28. The molecule has 3 N–H and O–H groups in total. The molecule has 0 bridgehead atoms. The number of aliphatic carboxylic acids is 1. The predicted octanol–water partition coefficient (Wildman–Crippen LogP) is 2.62. The molecule has 1 aliphatic carbocycles. The molecule has 0 unspecified atom stereocenters. The first-order valence-corrected chi connectivity index (χ1v) is 10.3. The summed E-state index contributed by atoms with van der Waals surface area (Å²) < 4.78 is 10.7. The Bertz CT molecular complexity index is 687. The van der Waals surface area contributed by atoms with Gasteiger partial charge in [-0.15, -0.1) is 0 Å². The number of anilines is 1. The Morgan fingerprint density at radius 1 is 1.21 bits per heavy atom. The quantitative estimate of drug-likeness (QED) is 0.478. The third-order valence-electron chi connectivity index (χ3n) is 5.41. The lowest BCUT2D eigenvalue weighted by atomic mass is 9.93. The van der Waals surface area contributed by atoms with E-state index in [1.165, 1.54) is 12.6 Å². The monoisotopic (exact) mass is 408 g/mol. The number of ether oxygens (including phenoxy) is 2. The largest absolute Gasteiger partial charge is 0.480 e. The van der Waals surface area contributed by atoms with Crippen molar-refractivity contribution in [3.8, 4) is 5.88 Å². The average Bonchev–Trinajstić information content (AvgIpc) is 2.73. The van der Waals surface area contributed by atoms with Crippen molar-refractivity contribution in [1.29, 1.82) is 0 Å². The molecular weight excluding hydrogens is 376 g/mol. The van der Waals surface area contributed by atoms with Gasteiger partial charge in [0.2, 0.25) is 0 Å². The fraction of sp³-hybridized carbons (Fsp3) is 0.700. The van der Waals surface area contributed by atoms with Crippen LogP contribution in [0.4, 0.5) is 5.82 Å². The van der Waals surface area contributed by atoms with Gasteiger partial charge in [0, 0.05) is 13.2 Å². The van der Waals surface area contributed by atoms with Crippen molar-refractivity contribution in [2.24, 2.45) is 0 Å². The fourth-order valence-corrected chi connectivity index (χ4v) is 3.41. The summed E-state index contributed by atoms with van der Waals surface area (Å²) in [6.45, 7) is 4.08. The molecule has 29 heavy (non-hydrogen) atoms. The Morgan fingerprint density at radius 3 is 2.48 bits per heavy atom. The Balaban J connectivity index is 2.21. The number of nitrogens with zero attached hydrogens (tertiary/aromatic N) is 2. The van der Waals surface area contributed by atoms with E-state index in [1.54, 1.807) is 21.0 Å². The van der Waals surface area contributed by atoms with Gasteiger partial charge in [0.1, 0.15) is 12.1 Å². The summed E-state index contributed by atoms with van der Waals surface area (Å²) in [7, 11) is 1.57. The van der Waals surface area contributed by atoms with Gasteiger partial charge < -0.3 is 25.2 Å². The molecule has 0 saturated heterocycles. The van der Waals surface area contributed by atoms with E-state index in [1.807, 2.05) is 0 Å². The Morgan fingerprint density at radius 2 is 1.90 bits per heavy atom. The number of methoxy groups -OCH3 is 1. The molecule has 1 aromatic rings. The van der Waals surface area contributed by atoms with Crippen LogP contribution >= 0.6 is 0 Å². The number of amides is 1. The van der Waals surface area contributed by atoms with Crippen molar-refractivity contribution in [3.05, 3.63) is 11.9 Å². The molecule has 0 radical (unpaired) electrons. The number of hydrogen-bond acceptors (Lipinski definition) is 7. The molecule has 1 aliphatic rings. The summed E-state index contributed by atoms with van der Waals surface area (Å²) in [5.41, 5.74) is -1.33. The van der Waals surface area contributed by atoms with E-state index >= 15 is 0 Å². The minimum Gasteiger partial charge on any atom is -0.480 e. The first kappa shape index (κ1) is 22.9. The Kier molecular flexibility index (Phi) is 8.63. The highest BCUT2D eigenvalue weighted by Crippen LogP contribution is 2.26. The van der Waals surface area contributed by atoms with E-state index in [0.29, 0.717) is 18.5 Å². The number of carboxylic acid groups (broad SMARTS) is 1. The number of rotatable bonds is 11. The zero-order valence-electron chi connectivity index (χ0n) is 17.5. The molecule has 0 atom stereocenters. The highest BCUT2D eigenvalue weighted by molar-refractivity contribution is 5.96. The summed E-state index contributed by atoms with van der Waals surface area (Å²) in [5.74, 6) is -0.963. The van der Waals surface area contributed by atoms with Crippen LogP contribution in [0, 0.1) is 0 Å². The summed E-state index contributed by atoms with van der Waals surface area (Å²) >= 11 is 0. The Labute approximate surface area is 171 Å². The van der Waals surface area contributed by atoms with E-state index < -0.39 is 17.4 Å². The average molecular weight is 408 g/mol. The lowest BCUT2D eigenvalue weighted by molar-refractivity contribution is -0.144. The topological polar surface area (TPSA) is 123 Å². The molecule has 1 saturated carbocycles. The molecule has 162 valence electrons. The first-order valence-electron chi connectivity index (χ1n) is 10.3. The lowest BCUT2D eigenvalue weighted by Crippen LogP contribution is -2.53. The third-order valence-corrected chi connectivity index (χ3v) is 5.41. The number of carboxylic acids is 1. The van der Waals surface area contributed by atoms with Gasteiger partial charge in [-0.05, 0) is 25.7 Å². The van der Waals surface area contributed by atoms with Crippen LogP contribution in [0.3, 0.4) is 0 Å². The van der Waals surface area contributed by atoms with Crippen molar-refractivity contribution in [2.45, 2.75) is 70.4 Å². The molecule has 1 amide bonds. The number of carbonyl (C=O) groups is 2. The number of aromatic nitrogens is 2. The predicted molar refractivity (Wildman–Crippen MR) is 108 cm³/mol. The second-order valence-electron chi connectivity index (χ2n) is 7.28. The van der Waals surface area contributed by atoms with Crippen LogP contribution in [0.15, 0.2) is 6.20 Å². The molecule has 9 heteroatoms. The summed E-state index contributed by atoms with van der Waals surface area (Å²) in [4.78, 5) is 33.0.